The summed E-state index contributed by atoms with van der Waals surface area (Å²) in [7, 11) is 0. The first-order valence-electron chi connectivity index (χ1n) is 22.6. The molecule has 11 aromatic carbocycles. The smallest absolute Gasteiger partial charge is 0.143 e. The van der Waals surface area contributed by atoms with Gasteiger partial charge in [-0.25, -0.2) is 0 Å². The number of fused-ring (bicyclic) bond motifs is 4. The van der Waals surface area contributed by atoms with E-state index in [0.29, 0.717) is 0 Å². The van der Waals surface area contributed by atoms with Crippen LogP contribution in [0, 0.1) is 0 Å². The molecule has 0 aliphatic heterocycles. The summed E-state index contributed by atoms with van der Waals surface area (Å²) in [4.78, 5) is 2.35. The number of hydrogen-bond acceptors (Lipinski definition) is 2. The van der Waals surface area contributed by atoms with E-state index in [2.05, 4.69) is 254 Å². The minimum atomic E-state index is 0.902. The molecule has 1 aromatic heterocycles. The molecular weight excluding hydrogens is 799 g/mol. The molecule has 2 heteroatoms. The van der Waals surface area contributed by atoms with Crippen molar-refractivity contribution in [2.24, 2.45) is 0 Å². The van der Waals surface area contributed by atoms with E-state index in [9.17, 15) is 0 Å². The second kappa shape index (κ2) is 16.8. The molecule has 12 rings (SSSR count). The molecule has 0 saturated heterocycles. The van der Waals surface area contributed by atoms with E-state index in [1.807, 2.05) is 12.1 Å². The van der Waals surface area contributed by atoms with Gasteiger partial charge in [-0.15, -0.1) is 0 Å². The number of benzene rings is 11. The van der Waals surface area contributed by atoms with Gasteiger partial charge < -0.3 is 9.32 Å². The fourth-order valence-corrected chi connectivity index (χ4v) is 9.45. The average Bonchev–Trinajstić information content (AvgIpc) is 3.79. The Labute approximate surface area is 384 Å². The summed E-state index contributed by atoms with van der Waals surface area (Å²) in [5, 5.41) is 4.77. The summed E-state index contributed by atoms with van der Waals surface area (Å²) < 4.78 is 6.45. The standard InChI is InChI=1S/C64H43NO/c1-2-12-44(13-3-1)51-16-8-18-53(40-51)55-20-10-21-59(43-55)65(58-38-34-49(35-39-58)60-23-11-24-62-61-22-6-7-25-63(61)66-64(60)62)57-36-32-47(33-37-57)46-26-28-48(29-27-46)52-17-9-19-54(41-52)56-31-30-45-14-4-5-15-50(45)42-56/h1-43H. The van der Waals surface area contributed by atoms with E-state index < -0.39 is 0 Å². The second-order valence-electron chi connectivity index (χ2n) is 16.9. The molecule has 0 aliphatic rings. The summed E-state index contributed by atoms with van der Waals surface area (Å²) in [5.74, 6) is 0. The molecule has 0 unspecified atom stereocenters. The third-order valence-electron chi connectivity index (χ3n) is 12.9. The molecule has 310 valence electrons. The Morgan fingerprint density at radius 2 is 0.682 bits per heavy atom. The van der Waals surface area contributed by atoms with Crippen molar-refractivity contribution in [2.45, 2.75) is 0 Å². The second-order valence-corrected chi connectivity index (χ2v) is 16.9. The maximum atomic E-state index is 6.45. The van der Waals surface area contributed by atoms with Gasteiger partial charge in [-0.05, 0) is 133 Å². The van der Waals surface area contributed by atoms with Crippen molar-refractivity contribution < 1.29 is 4.42 Å². The molecule has 2 nitrogen and oxygen atoms in total. The molecule has 0 saturated carbocycles. The van der Waals surface area contributed by atoms with Gasteiger partial charge in [-0.3, -0.25) is 0 Å². The van der Waals surface area contributed by atoms with Crippen molar-refractivity contribution in [3.63, 3.8) is 0 Å². The van der Waals surface area contributed by atoms with Crippen LogP contribution >= 0.6 is 0 Å². The zero-order valence-electron chi connectivity index (χ0n) is 36.2. The Morgan fingerprint density at radius 3 is 1.36 bits per heavy atom. The number of nitrogens with zero attached hydrogens (tertiary/aromatic N) is 1. The number of para-hydroxylation sites is 2. The Morgan fingerprint density at radius 1 is 0.242 bits per heavy atom. The fourth-order valence-electron chi connectivity index (χ4n) is 9.45. The van der Waals surface area contributed by atoms with Crippen molar-refractivity contribution in [1.29, 1.82) is 0 Å². The van der Waals surface area contributed by atoms with E-state index in [0.717, 1.165) is 61.3 Å². The predicted octanol–water partition coefficient (Wildman–Crippen LogP) is 18.2. The van der Waals surface area contributed by atoms with Crippen LogP contribution in [-0.4, -0.2) is 0 Å². The lowest BCUT2D eigenvalue weighted by atomic mass is 9.96. The normalized spacial score (nSPS) is 11.3. The summed E-state index contributed by atoms with van der Waals surface area (Å²) >= 11 is 0. The third kappa shape index (κ3) is 7.41. The van der Waals surface area contributed by atoms with E-state index in [4.69, 9.17) is 4.42 Å². The van der Waals surface area contributed by atoms with Crippen molar-refractivity contribution in [3.05, 3.63) is 261 Å². The molecule has 1 heterocycles. The molecule has 0 atom stereocenters. The zero-order valence-corrected chi connectivity index (χ0v) is 36.2. The van der Waals surface area contributed by atoms with Gasteiger partial charge in [-0.1, -0.05) is 200 Å². The highest BCUT2D eigenvalue weighted by molar-refractivity contribution is 6.09. The number of rotatable bonds is 9. The maximum absolute atomic E-state index is 6.45. The highest BCUT2D eigenvalue weighted by atomic mass is 16.3. The van der Waals surface area contributed by atoms with Crippen LogP contribution in [0.3, 0.4) is 0 Å². The Kier molecular flexibility index (Phi) is 9.89. The molecule has 66 heavy (non-hydrogen) atoms. The quantitative estimate of drug-likeness (QED) is 0.144. The minimum Gasteiger partial charge on any atom is -0.455 e. The lowest BCUT2D eigenvalue weighted by Crippen LogP contribution is -2.10. The molecule has 12 aromatic rings. The van der Waals surface area contributed by atoms with Gasteiger partial charge in [-0.2, -0.15) is 0 Å². The first-order chi connectivity index (χ1) is 32.7. The lowest BCUT2D eigenvalue weighted by Gasteiger charge is -2.26. The topological polar surface area (TPSA) is 16.4 Å². The number of furan rings is 1. The van der Waals surface area contributed by atoms with Gasteiger partial charge in [0.15, 0.2) is 0 Å². The van der Waals surface area contributed by atoms with Crippen molar-refractivity contribution >= 4 is 49.8 Å². The minimum absolute atomic E-state index is 0.902. The molecule has 0 aliphatic carbocycles. The van der Waals surface area contributed by atoms with Gasteiger partial charge in [0.1, 0.15) is 11.2 Å². The Balaban J connectivity index is 0.878. The molecule has 0 N–H and O–H groups in total. The van der Waals surface area contributed by atoms with Crippen LogP contribution in [-0.2, 0) is 0 Å². The van der Waals surface area contributed by atoms with Crippen LogP contribution in [0.15, 0.2) is 265 Å². The number of hydrogen-bond donors (Lipinski definition) is 0. The fraction of sp³-hybridized carbons (Fsp3) is 0. The first-order valence-corrected chi connectivity index (χ1v) is 22.6. The maximum Gasteiger partial charge on any atom is 0.143 e. The molecule has 0 amide bonds. The third-order valence-corrected chi connectivity index (χ3v) is 12.9. The van der Waals surface area contributed by atoms with Gasteiger partial charge in [0, 0.05) is 33.4 Å². The van der Waals surface area contributed by atoms with Crippen LogP contribution in [0.25, 0.3) is 99.5 Å². The van der Waals surface area contributed by atoms with Gasteiger partial charge in [0.05, 0.1) is 0 Å². The van der Waals surface area contributed by atoms with E-state index >= 15 is 0 Å². The highest BCUT2D eigenvalue weighted by Crippen LogP contribution is 2.41. The van der Waals surface area contributed by atoms with E-state index in [1.165, 1.54) is 55.3 Å². The molecule has 0 spiro atoms. The van der Waals surface area contributed by atoms with Crippen LogP contribution in [0.1, 0.15) is 0 Å². The van der Waals surface area contributed by atoms with Crippen LogP contribution in [0.4, 0.5) is 17.1 Å². The lowest BCUT2D eigenvalue weighted by molar-refractivity contribution is 0.670. The average molecular weight is 842 g/mol. The van der Waals surface area contributed by atoms with Gasteiger partial charge in [0.25, 0.3) is 0 Å². The van der Waals surface area contributed by atoms with Crippen LogP contribution < -0.4 is 4.90 Å². The highest BCUT2D eigenvalue weighted by Gasteiger charge is 2.17. The van der Waals surface area contributed by atoms with Crippen molar-refractivity contribution in [1.82, 2.24) is 0 Å². The summed E-state index contributed by atoms with van der Waals surface area (Å²) in [6.07, 6.45) is 0. The molecule has 0 fully saturated rings. The van der Waals surface area contributed by atoms with Gasteiger partial charge in [0.2, 0.25) is 0 Å². The predicted molar refractivity (Wildman–Crippen MR) is 279 cm³/mol. The van der Waals surface area contributed by atoms with E-state index in [-0.39, 0.29) is 0 Å². The molecular formula is C64H43NO. The van der Waals surface area contributed by atoms with Crippen molar-refractivity contribution in [2.75, 3.05) is 4.90 Å². The summed E-state index contributed by atoms with van der Waals surface area (Å²) in [6, 6.07) is 93.8. The Hall–Kier alpha value is -8.72. The first kappa shape index (κ1) is 38.9. The monoisotopic (exact) mass is 841 g/mol. The van der Waals surface area contributed by atoms with Crippen molar-refractivity contribution in [3.8, 4) is 66.8 Å². The Bertz CT molecular complexity index is 3680. The number of anilines is 3. The van der Waals surface area contributed by atoms with E-state index in [1.54, 1.807) is 0 Å². The molecule has 0 bridgehead atoms. The van der Waals surface area contributed by atoms with Crippen LogP contribution in [0.5, 0.6) is 0 Å². The molecule has 0 radical (unpaired) electrons. The zero-order chi connectivity index (χ0) is 43.8. The van der Waals surface area contributed by atoms with Crippen LogP contribution in [0.2, 0.25) is 0 Å². The summed E-state index contributed by atoms with van der Waals surface area (Å²) in [6.45, 7) is 0. The SMILES string of the molecule is c1ccc(-c2cccc(-c3cccc(N(c4ccc(-c5ccc(-c6cccc(-c7ccc8ccccc8c7)c6)cc5)cc4)c4ccc(-c5cccc6c5oc5ccccc56)cc4)c3)c2)cc1. The largest absolute Gasteiger partial charge is 0.455 e. The summed E-state index contributed by atoms with van der Waals surface area (Å²) in [5.41, 5.74) is 19.1. The van der Waals surface area contributed by atoms with Gasteiger partial charge >= 0.3 is 0 Å².